The normalized spacial score (nSPS) is 10.5. The molecule has 0 spiro atoms. The number of halogens is 1. The van der Waals surface area contributed by atoms with Gasteiger partial charge in [-0.2, -0.15) is 0 Å². The summed E-state index contributed by atoms with van der Waals surface area (Å²) in [5.74, 6) is -0.204. The monoisotopic (exact) mass is 341 g/mol. The molecular weight excluding hydrogens is 330 g/mol. The van der Waals surface area contributed by atoms with Crippen LogP contribution in [0.3, 0.4) is 0 Å². The molecule has 0 unspecified atom stereocenters. The minimum Gasteiger partial charge on any atom is -0.399 e. The van der Waals surface area contributed by atoms with Crippen LogP contribution in [0.4, 0.5) is 11.4 Å². The average Bonchev–Trinajstić information content (AvgIpc) is 2.49. The molecule has 0 bridgehead atoms. The number of carbonyl (C=O) groups excluding carboxylic acids is 1. The van der Waals surface area contributed by atoms with E-state index in [-0.39, 0.29) is 5.91 Å². The highest BCUT2D eigenvalue weighted by molar-refractivity contribution is 9.10. The quantitative estimate of drug-likeness (QED) is 0.696. The molecule has 5 heteroatoms. The summed E-state index contributed by atoms with van der Waals surface area (Å²) >= 11 is 3.39. The van der Waals surface area contributed by atoms with Gasteiger partial charge in [0.05, 0.1) is 16.8 Å². The van der Waals surface area contributed by atoms with E-state index < -0.39 is 0 Å². The maximum absolute atomic E-state index is 12.5. The van der Waals surface area contributed by atoms with Crippen LogP contribution in [0.5, 0.6) is 0 Å². The molecule has 104 valence electrons. The molecule has 3 aromatic rings. The van der Waals surface area contributed by atoms with Gasteiger partial charge in [0.2, 0.25) is 0 Å². The number of anilines is 2. The number of nitrogen functional groups attached to an aromatic ring is 1. The van der Waals surface area contributed by atoms with Gasteiger partial charge in [-0.3, -0.25) is 9.78 Å². The zero-order valence-electron chi connectivity index (χ0n) is 11.0. The molecule has 1 aromatic heterocycles. The molecule has 0 atom stereocenters. The number of nitrogens with one attached hydrogen (secondary N) is 1. The van der Waals surface area contributed by atoms with Gasteiger partial charge < -0.3 is 11.1 Å². The van der Waals surface area contributed by atoms with Crippen LogP contribution in [0.2, 0.25) is 0 Å². The van der Waals surface area contributed by atoms with Gasteiger partial charge in [-0.15, -0.1) is 0 Å². The molecular formula is C16H12BrN3O. The zero-order chi connectivity index (χ0) is 14.8. The van der Waals surface area contributed by atoms with E-state index in [1.54, 1.807) is 30.5 Å². The lowest BCUT2D eigenvalue weighted by atomic mass is 10.1. The first-order valence-electron chi connectivity index (χ1n) is 6.35. The van der Waals surface area contributed by atoms with Gasteiger partial charge >= 0.3 is 0 Å². The molecule has 21 heavy (non-hydrogen) atoms. The molecule has 1 amide bonds. The number of hydrogen-bond acceptors (Lipinski definition) is 3. The fourth-order valence-electron chi connectivity index (χ4n) is 2.11. The molecule has 0 aliphatic rings. The lowest BCUT2D eigenvalue weighted by Gasteiger charge is -2.09. The van der Waals surface area contributed by atoms with Gasteiger partial charge in [-0.25, -0.2) is 0 Å². The molecule has 0 radical (unpaired) electrons. The van der Waals surface area contributed by atoms with E-state index in [0.717, 1.165) is 9.86 Å². The largest absolute Gasteiger partial charge is 0.399 e. The van der Waals surface area contributed by atoms with Gasteiger partial charge in [0, 0.05) is 21.7 Å². The highest BCUT2D eigenvalue weighted by atomic mass is 79.9. The average molecular weight is 342 g/mol. The van der Waals surface area contributed by atoms with E-state index in [1.165, 1.54) is 0 Å². The van der Waals surface area contributed by atoms with Crippen molar-refractivity contribution in [1.29, 1.82) is 0 Å². The lowest BCUT2D eigenvalue weighted by molar-refractivity contribution is 0.102. The van der Waals surface area contributed by atoms with Gasteiger partial charge in [0.25, 0.3) is 5.91 Å². The SMILES string of the molecule is Nc1ccc(NC(=O)c2cccc3cccnc23)c(Br)c1. The molecule has 0 aliphatic carbocycles. The summed E-state index contributed by atoms with van der Waals surface area (Å²) in [5.41, 5.74) is 8.21. The third kappa shape index (κ3) is 2.73. The van der Waals surface area contributed by atoms with E-state index in [1.807, 2.05) is 24.3 Å². The van der Waals surface area contributed by atoms with Crippen molar-refractivity contribution in [1.82, 2.24) is 4.98 Å². The number of benzene rings is 2. The van der Waals surface area contributed by atoms with Crippen LogP contribution < -0.4 is 11.1 Å². The summed E-state index contributed by atoms with van der Waals surface area (Å²) < 4.78 is 0.740. The van der Waals surface area contributed by atoms with E-state index in [9.17, 15) is 4.79 Å². The van der Waals surface area contributed by atoms with Gasteiger partial charge in [0.1, 0.15) is 0 Å². The van der Waals surface area contributed by atoms with Crippen molar-refractivity contribution in [3.8, 4) is 0 Å². The van der Waals surface area contributed by atoms with Crippen LogP contribution in [0.25, 0.3) is 10.9 Å². The summed E-state index contributed by atoms with van der Waals surface area (Å²) in [6, 6.07) is 14.6. The van der Waals surface area contributed by atoms with Crippen LogP contribution in [0.1, 0.15) is 10.4 Å². The lowest BCUT2D eigenvalue weighted by Crippen LogP contribution is -2.13. The van der Waals surface area contributed by atoms with E-state index in [2.05, 4.69) is 26.2 Å². The third-order valence-corrected chi connectivity index (χ3v) is 3.77. The number of amides is 1. The summed E-state index contributed by atoms with van der Waals surface area (Å²) in [7, 11) is 0. The van der Waals surface area contributed by atoms with Crippen molar-refractivity contribution in [3.05, 3.63) is 64.8 Å². The van der Waals surface area contributed by atoms with Crippen molar-refractivity contribution in [2.75, 3.05) is 11.1 Å². The minimum atomic E-state index is -0.204. The van der Waals surface area contributed by atoms with Gasteiger partial charge in [0.15, 0.2) is 0 Å². The fraction of sp³-hybridized carbons (Fsp3) is 0. The molecule has 0 aliphatic heterocycles. The first-order valence-corrected chi connectivity index (χ1v) is 7.14. The summed E-state index contributed by atoms with van der Waals surface area (Å²) in [6.45, 7) is 0. The molecule has 1 heterocycles. The number of hydrogen-bond donors (Lipinski definition) is 2. The third-order valence-electron chi connectivity index (χ3n) is 3.12. The topological polar surface area (TPSA) is 68.0 Å². The van der Waals surface area contributed by atoms with Crippen molar-refractivity contribution in [2.24, 2.45) is 0 Å². The molecule has 0 saturated heterocycles. The zero-order valence-corrected chi connectivity index (χ0v) is 12.6. The second kappa shape index (κ2) is 5.54. The Morgan fingerprint density at radius 3 is 2.76 bits per heavy atom. The van der Waals surface area contributed by atoms with Crippen molar-refractivity contribution >= 4 is 44.1 Å². The van der Waals surface area contributed by atoms with Crippen molar-refractivity contribution in [3.63, 3.8) is 0 Å². The highest BCUT2D eigenvalue weighted by Crippen LogP contribution is 2.26. The Morgan fingerprint density at radius 1 is 1.14 bits per heavy atom. The van der Waals surface area contributed by atoms with Crippen molar-refractivity contribution in [2.45, 2.75) is 0 Å². The Balaban J connectivity index is 1.97. The molecule has 3 N–H and O–H groups in total. The molecule has 4 nitrogen and oxygen atoms in total. The summed E-state index contributed by atoms with van der Waals surface area (Å²) in [4.78, 5) is 16.7. The van der Waals surface area contributed by atoms with Crippen LogP contribution in [0, 0.1) is 0 Å². The standard InChI is InChI=1S/C16H12BrN3O/c17-13-9-11(18)6-7-14(13)20-16(21)12-5-1-3-10-4-2-8-19-15(10)12/h1-9H,18H2,(H,20,21). The number of carbonyl (C=O) groups is 1. The number of para-hydroxylation sites is 1. The second-order valence-electron chi connectivity index (χ2n) is 4.57. The second-order valence-corrected chi connectivity index (χ2v) is 5.43. The Morgan fingerprint density at radius 2 is 1.95 bits per heavy atom. The van der Waals surface area contributed by atoms with Crippen LogP contribution in [-0.2, 0) is 0 Å². The number of nitrogens with zero attached hydrogens (tertiary/aromatic N) is 1. The Labute approximate surface area is 130 Å². The summed E-state index contributed by atoms with van der Waals surface area (Å²) in [5, 5.41) is 3.80. The van der Waals surface area contributed by atoms with E-state index in [0.29, 0.717) is 22.5 Å². The molecule has 0 fully saturated rings. The predicted molar refractivity (Wildman–Crippen MR) is 88.3 cm³/mol. The number of nitrogens with two attached hydrogens (primary N) is 1. The number of pyridine rings is 1. The van der Waals surface area contributed by atoms with E-state index in [4.69, 9.17) is 5.73 Å². The van der Waals surface area contributed by atoms with Crippen LogP contribution in [0.15, 0.2) is 59.2 Å². The molecule has 3 rings (SSSR count). The van der Waals surface area contributed by atoms with E-state index >= 15 is 0 Å². The summed E-state index contributed by atoms with van der Waals surface area (Å²) in [6.07, 6.45) is 1.68. The number of rotatable bonds is 2. The van der Waals surface area contributed by atoms with Gasteiger partial charge in [-0.1, -0.05) is 18.2 Å². The number of aromatic nitrogens is 1. The predicted octanol–water partition coefficient (Wildman–Crippen LogP) is 3.83. The minimum absolute atomic E-state index is 0.204. The maximum Gasteiger partial charge on any atom is 0.257 e. The smallest absolute Gasteiger partial charge is 0.257 e. The van der Waals surface area contributed by atoms with Crippen molar-refractivity contribution < 1.29 is 4.79 Å². The molecule has 2 aromatic carbocycles. The number of fused-ring (bicyclic) bond motifs is 1. The highest BCUT2D eigenvalue weighted by Gasteiger charge is 2.12. The molecule has 0 saturated carbocycles. The van der Waals surface area contributed by atoms with Crippen LogP contribution >= 0.6 is 15.9 Å². The Hall–Kier alpha value is -2.40. The van der Waals surface area contributed by atoms with Crippen LogP contribution in [-0.4, -0.2) is 10.9 Å². The Bertz CT molecular complexity index is 827. The maximum atomic E-state index is 12.5. The fourth-order valence-corrected chi connectivity index (χ4v) is 2.61. The van der Waals surface area contributed by atoms with Gasteiger partial charge in [-0.05, 0) is 46.3 Å². The Kier molecular flexibility index (Phi) is 3.58. The first kappa shape index (κ1) is 13.6. The first-order chi connectivity index (χ1) is 10.1.